The van der Waals surface area contributed by atoms with Gasteiger partial charge in [0, 0.05) is 18.8 Å². The van der Waals surface area contributed by atoms with E-state index in [0.717, 1.165) is 0 Å². The van der Waals surface area contributed by atoms with Crippen LogP contribution in [0.2, 0.25) is 0 Å². The van der Waals surface area contributed by atoms with Crippen molar-refractivity contribution in [3.05, 3.63) is 72.8 Å². The molecule has 2 N–H and O–H groups in total. The zero-order valence-electron chi connectivity index (χ0n) is 16.9. The molecule has 0 amide bonds. The summed E-state index contributed by atoms with van der Waals surface area (Å²) >= 11 is 0. The second-order valence-electron chi connectivity index (χ2n) is 6.70. The number of hydrogen-bond donors (Lipinski definition) is 1. The van der Waals surface area contributed by atoms with Gasteiger partial charge in [0.25, 0.3) is 0 Å². The molecule has 0 aliphatic heterocycles. The third-order valence-electron chi connectivity index (χ3n) is 4.45. The summed E-state index contributed by atoms with van der Waals surface area (Å²) in [5, 5.41) is 0. The molecule has 1 aromatic carbocycles. The van der Waals surface area contributed by atoms with Crippen molar-refractivity contribution < 1.29 is 18.7 Å². The van der Waals surface area contributed by atoms with E-state index in [2.05, 4.69) is 19.9 Å². The molecule has 0 saturated heterocycles. The summed E-state index contributed by atoms with van der Waals surface area (Å²) in [6, 6.07) is 7.76. The number of nitrogens with two attached hydrogens (primary N) is 1. The number of benzene rings is 1. The molecule has 3 heterocycles. The van der Waals surface area contributed by atoms with E-state index in [-0.39, 0.29) is 12.4 Å². The topological polar surface area (TPSA) is 118 Å². The average Bonchev–Trinajstić information content (AvgIpc) is 3.22. The number of carbonyl (C=O) groups is 1. The molecule has 0 atom stereocenters. The first kappa shape index (κ1) is 20.9. The number of esters is 1. The molecule has 9 nitrogen and oxygen atoms in total. The molecule has 32 heavy (non-hydrogen) atoms. The van der Waals surface area contributed by atoms with Crippen molar-refractivity contribution in [1.82, 2.24) is 24.5 Å². The summed E-state index contributed by atoms with van der Waals surface area (Å²) < 4.78 is 26.7. The van der Waals surface area contributed by atoms with Crippen molar-refractivity contribution in [3.8, 4) is 11.5 Å². The summed E-state index contributed by atoms with van der Waals surface area (Å²) in [4.78, 5) is 28.1. The van der Waals surface area contributed by atoms with Crippen molar-refractivity contribution in [2.75, 3.05) is 12.3 Å². The van der Waals surface area contributed by atoms with E-state index >= 15 is 0 Å². The summed E-state index contributed by atoms with van der Waals surface area (Å²) in [6.07, 6.45) is 9.36. The lowest BCUT2D eigenvalue weighted by Gasteiger charge is -2.06. The van der Waals surface area contributed by atoms with E-state index in [1.165, 1.54) is 36.8 Å². The van der Waals surface area contributed by atoms with E-state index in [0.29, 0.717) is 41.3 Å². The molecule has 0 saturated carbocycles. The Morgan fingerprint density at radius 2 is 2.12 bits per heavy atom. The van der Waals surface area contributed by atoms with Crippen molar-refractivity contribution in [2.24, 2.45) is 0 Å². The summed E-state index contributed by atoms with van der Waals surface area (Å²) in [5.41, 5.74) is 7.43. The highest BCUT2D eigenvalue weighted by atomic mass is 19.1. The van der Waals surface area contributed by atoms with E-state index in [1.54, 1.807) is 30.7 Å². The number of nitrogen functional groups attached to an aromatic ring is 1. The van der Waals surface area contributed by atoms with E-state index in [9.17, 15) is 9.18 Å². The Morgan fingerprint density at radius 3 is 2.94 bits per heavy atom. The van der Waals surface area contributed by atoms with Crippen molar-refractivity contribution in [1.29, 1.82) is 0 Å². The molecule has 0 aliphatic carbocycles. The van der Waals surface area contributed by atoms with Crippen molar-refractivity contribution >= 4 is 29.0 Å². The Bertz CT molecular complexity index is 1260. The zero-order chi connectivity index (χ0) is 22.3. The van der Waals surface area contributed by atoms with Gasteiger partial charge in [0.05, 0.1) is 19.1 Å². The maximum absolute atomic E-state index is 14.3. The average molecular weight is 434 g/mol. The standard InChI is InChI=1S/C22H19FN6O3/c23-17-11-15(4-6-18(17)32-16-3-1-8-25-12-16)5-7-19(30)31-10-2-9-29-14-28-20-21(24)26-13-27-22(20)29/h1,3-8,11-14H,2,9-10H2,(H2,24,26,27)/b7-5+. The number of fused-ring (bicyclic) bond motifs is 1. The molecule has 4 aromatic rings. The van der Waals surface area contributed by atoms with E-state index in [1.807, 2.05) is 4.57 Å². The van der Waals surface area contributed by atoms with Crippen LogP contribution >= 0.6 is 0 Å². The van der Waals surface area contributed by atoms with Crippen LogP contribution in [0.25, 0.3) is 17.2 Å². The van der Waals surface area contributed by atoms with Gasteiger partial charge in [0.15, 0.2) is 23.0 Å². The number of anilines is 1. The van der Waals surface area contributed by atoms with Crippen LogP contribution in [0.3, 0.4) is 0 Å². The normalized spacial score (nSPS) is 11.2. The van der Waals surface area contributed by atoms with Crippen LogP contribution in [0.5, 0.6) is 11.5 Å². The third kappa shape index (κ3) is 5.04. The fourth-order valence-corrected chi connectivity index (χ4v) is 2.92. The largest absolute Gasteiger partial charge is 0.462 e. The molecular formula is C22H19FN6O3. The molecule has 3 aromatic heterocycles. The third-order valence-corrected chi connectivity index (χ3v) is 4.45. The lowest BCUT2D eigenvalue weighted by molar-refractivity contribution is -0.137. The van der Waals surface area contributed by atoms with Crippen LogP contribution in [0.4, 0.5) is 10.2 Å². The van der Waals surface area contributed by atoms with Crippen molar-refractivity contribution in [2.45, 2.75) is 13.0 Å². The lowest BCUT2D eigenvalue weighted by atomic mass is 10.2. The Balaban J connectivity index is 1.26. The minimum absolute atomic E-state index is 0.0665. The highest BCUT2D eigenvalue weighted by Crippen LogP contribution is 2.24. The quantitative estimate of drug-likeness (QED) is 0.255. The maximum atomic E-state index is 14.3. The van der Waals surface area contributed by atoms with Gasteiger partial charge in [0.1, 0.15) is 17.6 Å². The number of rotatable bonds is 8. The Labute approximate surface area is 182 Å². The van der Waals surface area contributed by atoms with Crippen LogP contribution < -0.4 is 10.5 Å². The molecular weight excluding hydrogens is 415 g/mol. The molecule has 10 heteroatoms. The van der Waals surface area contributed by atoms with E-state index in [4.69, 9.17) is 15.2 Å². The maximum Gasteiger partial charge on any atom is 0.330 e. The number of halogens is 1. The van der Waals surface area contributed by atoms with Gasteiger partial charge in [0.2, 0.25) is 0 Å². The number of ether oxygens (including phenoxy) is 2. The summed E-state index contributed by atoms with van der Waals surface area (Å²) in [6.45, 7) is 0.753. The van der Waals surface area contributed by atoms with Gasteiger partial charge in [-0.3, -0.25) is 4.98 Å². The molecule has 0 radical (unpaired) electrons. The Kier molecular flexibility index (Phi) is 6.30. The lowest BCUT2D eigenvalue weighted by Crippen LogP contribution is -2.06. The first-order valence-corrected chi connectivity index (χ1v) is 9.74. The summed E-state index contributed by atoms with van der Waals surface area (Å²) in [7, 11) is 0. The highest BCUT2D eigenvalue weighted by molar-refractivity contribution is 5.87. The molecule has 4 rings (SSSR count). The van der Waals surface area contributed by atoms with E-state index < -0.39 is 11.8 Å². The van der Waals surface area contributed by atoms with Crippen molar-refractivity contribution in [3.63, 3.8) is 0 Å². The number of hydrogen-bond acceptors (Lipinski definition) is 8. The Hall–Kier alpha value is -4.34. The fourth-order valence-electron chi connectivity index (χ4n) is 2.92. The van der Waals surface area contributed by atoms with Gasteiger partial charge in [-0.25, -0.2) is 24.1 Å². The monoisotopic (exact) mass is 434 g/mol. The van der Waals surface area contributed by atoms with Gasteiger partial charge >= 0.3 is 5.97 Å². The predicted octanol–water partition coefficient (Wildman–Crippen LogP) is 3.38. The predicted molar refractivity (Wildman–Crippen MR) is 115 cm³/mol. The van der Waals surface area contributed by atoms with Gasteiger partial charge in [-0.2, -0.15) is 0 Å². The van der Waals surface area contributed by atoms with Gasteiger partial charge in [-0.05, 0) is 42.3 Å². The highest BCUT2D eigenvalue weighted by Gasteiger charge is 2.08. The number of pyridine rings is 1. The van der Waals surface area contributed by atoms with Crippen LogP contribution in [-0.4, -0.2) is 37.1 Å². The van der Waals surface area contributed by atoms with Crippen LogP contribution in [-0.2, 0) is 16.1 Å². The van der Waals surface area contributed by atoms with Gasteiger partial charge < -0.3 is 19.8 Å². The molecule has 162 valence electrons. The van der Waals surface area contributed by atoms with Gasteiger partial charge in [-0.1, -0.05) is 6.07 Å². The van der Waals surface area contributed by atoms with Crippen LogP contribution in [0.15, 0.2) is 61.5 Å². The second-order valence-corrected chi connectivity index (χ2v) is 6.70. The molecule has 0 fully saturated rings. The first-order chi connectivity index (χ1) is 15.6. The minimum Gasteiger partial charge on any atom is -0.462 e. The first-order valence-electron chi connectivity index (χ1n) is 9.74. The molecule has 0 bridgehead atoms. The van der Waals surface area contributed by atoms with Crippen LogP contribution in [0.1, 0.15) is 12.0 Å². The molecule has 0 spiro atoms. The number of nitrogens with zero attached hydrogens (tertiary/aromatic N) is 5. The Morgan fingerprint density at radius 1 is 1.22 bits per heavy atom. The zero-order valence-corrected chi connectivity index (χ0v) is 16.9. The number of imidazole rings is 1. The number of carbonyl (C=O) groups excluding carboxylic acids is 1. The minimum atomic E-state index is -0.554. The summed E-state index contributed by atoms with van der Waals surface area (Å²) in [5.74, 6) is -0.266. The molecule has 0 unspecified atom stereocenters. The smallest absolute Gasteiger partial charge is 0.330 e. The number of aromatic nitrogens is 5. The van der Waals surface area contributed by atoms with Gasteiger partial charge in [-0.15, -0.1) is 0 Å². The second kappa shape index (κ2) is 9.65. The fraction of sp³-hybridized carbons (Fsp3) is 0.136. The molecule has 0 aliphatic rings. The van der Waals surface area contributed by atoms with Crippen LogP contribution in [0, 0.1) is 5.82 Å². The number of aryl methyl sites for hydroxylation is 1. The SMILES string of the molecule is Nc1ncnc2c1ncn2CCCOC(=O)/C=C/c1ccc(Oc2cccnc2)c(F)c1.